The number of carbonyl (C=O) groups is 1. The van der Waals surface area contributed by atoms with Gasteiger partial charge < -0.3 is 15.8 Å². The molecule has 0 aromatic heterocycles. The van der Waals surface area contributed by atoms with Gasteiger partial charge in [0.15, 0.2) is 5.60 Å². The molecule has 1 amide bonds. The number of ether oxygens (including phenoxy) is 1. The van der Waals surface area contributed by atoms with Gasteiger partial charge in [-0.1, -0.05) is 6.07 Å². The Balaban J connectivity index is 1.51. The van der Waals surface area contributed by atoms with Crippen LogP contribution in [0.3, 0.4) is 0 Å². The summed E-state index contributed by atoms with van der Waals surface area (Å²) in [6.45, 7) is 3.62. The van der Waals surface area contributed by atoms with Crippen molar-refractivity contribution in [2.24, 2.45) is 17.6 Å². The van der Waals surface area contributed by atoms with Crippen LogP contribution in [0.2, 0.25) is 0 Å². The van der Waals surface area contributed by atoms with Crippen LogP contribution in [0.1, 0.15) is 57.9 Å². The number of nitrogens with one attached hydrogen (secondary N) is 1. The maximum atomic E-state index is 12.8. The maximum absolute atomic E-state index is 12.8. The van der Waals surface area contributed by atoms with Gasteiger partial charge in [-0.2, -0.15) is 13.2 Å². The van der Waals surface area contributed by atoms with Crippen LogP contribution in [0.15, 0.2) is 24.3 Å². The van der Waals surface area contributed by atoms with Crippen molar-refractivity contribution in [2.45, 2.75) is 69.7 Å². The molecule has 4 nitrogen and oxygen atoms in total. The Morgan fingerprint density at radius 2 is 2.07 bits per heavy atom. The average molecular weight is 398 g/mol. The van der Waals surface area contributed by atoms with Crippen molar-refractivity contribution in [2.75, 3.05) is 6.54 Å². The molecule has 1 aromatic carbocycles. The van der Waals surface area contributed by atoms with Crippen LogP contribution < -0.4 is 15.8 Å². The third-order valence-electron chi connectivity index (χ3n) is 6.03. The quantitative estimate of drug-likeness (QED) is 0.752. The molecule has 2 aliphatic rings. The molecule has 0 spiro atoms. The Morgan fingerprint density at radius 1 is 1.32 bits per heavy atom. The minimum Gasteiger partial charge on any atom is -0.478 e. The van der Waals surface area contributed by atoms with Crippen molar-refractivity contribution in [1.29, 1.82) is 0 Å². The molecule has 2 aliphatic carbocycles. The van der Waals surface area contributed by atoms with E-state index < -0.39 is 17.3 Å². The van der Waals surface area contributed by atoms with Gasteiger partial charge in [-0.05, 0) is 82.4 Å². The lowest BCUT2D eigenvalue weighted by Crippen LogP contribution is -2.47. The standard InChI is InChI=1S/C21H29F3N2O2/c1-19(2,28-17-5-3-4-16(11-17)21(22,23)24)18(27)26-9-7-15-10-14-6-8-20(25,12-14)13-15/h3-5,11,14-15H,6-10,12-13,25H2,1-2H3,(H,26,27)/t14-,15?,20-/m0/s1. The van der Waals surface area contributed by atoms with Crippen LogP contribution in [0, 0.1) is 11.8 Å². The van der Waals surface area contributed by atoms with Gasteiger partial charge in [0.1, 0.15) is 5.75 Å². The van der Waals surface area contributed by atoms with Crippen molar-refractivity contribution >= 4 is 5.91 Å². The van der Waals surface area contributed by atoms with Gasteiger partial charge in [0.2, 0.25) is 0 Å². The van der Waals surface area contributed by atoms with Crippen LogP contribution in [0.5, 0.6) is 5.75 Å². The number of nitrogens with two attached hydrogens (primary N) is 1. The molecule has 2 fully saturated rings. The second kappa shape index (κ2) is 7.58. The zero-order valence-electron chi connectivity index (χ0n) is 16.4. The molecular weight excluding hydrogens is 369 g/mol. The number of hydrogen-bond donors (Lipinski definition) is 2. The summed E-state index contributed by atoms with van der Waals surface area (Å²) in [7, 11) is 0. The topological polar surface area (TPSA) is 64.3 Å². The monoisotopic (exact) mass is 398 g/mol. The first-order chi connectivity index (χ1) is 13.0. The minimum absolute atomic E-state index is 0.0175. The number of amides is 1. The third kappa shape index (κ3) is 4.99. The van der Waals surface area contributed by atoms with Gasteiger partial charge >= 0.3 is 6.18 Å². The highest BCUT2D eigenvalue weighted by Crippen LogP contribution is 2.46. The average Bonchev–Trinajstić information content (AvgIpc) is 2.86. The lowest BCUT2D eigenvalue weighted by Gasteiger charge is -2.35. The van der Waals surface area contributed by atoms with Gasteiger partial charge in [-0.25, -0.2) is 0 Å². The van der Waals surface area contributed by atoms with Crippen molar-refractivity contribution in [3.05, 3.63) is 29.8 Å². The highest BCUT2D eigenvalue weighted by atomic mass is 19.4. The second-order valence-corrected chi connectivity index (χ2v) is 8.96. The fourth-order valence-corrected chi connectivity index (χ4v) is 4.69. The van der Waals surface area contributed by atoms with Crippen LogP contribution in [-0.2, 0) is 11.0 Å². The van der Waals surface area contributed by atoms with E-state index in [1.54, 1.807) is 13.8 Å². The number of alkyl halides is 3. The number of rotatable bonds is 6. The molecule has 3 rings (SSSR count). The lowest BCUT2D eigenvalue weighted by molar-refractivity contribution is -0.137. The lowest BCUT2D eigenvalue weighted by atomic mass is 9.75. The molecule has 1 aromatic rings. The predicted octanol–water partition coefficient (Wildman–Crippen LogP) is 4.28. The number of benzene rings is 1. The molecule has 2 bridgehead atoms. The van der Waals surface area contributed by atoms with E-state index >= 15 is 0 Å². The van der Waals surface area contributed by atoms with Crippen LogP contribution in [-0.4, -0.2) is 23.6 Å². The summed E-state index contributed by atoms with van der Waals surface area (Å²) in [6, 6.07) is 4.57. The molecule has 3 atom stereocenters. The van der Waals surface area contributed by atoms with Crippen LogP contribution in [0.25, 0.3) is 0 Å². The van der Waals surface area contributed by atoms with E-state index in [1.165, 1.54) is 25.0 Å². The van der Waals surface area contributed by atoms with E-state index in [0.717, 1.165) is 37.8 Å². The number of halogens is 3. The minimum atomic E-state index is -4.45. The van der Waals surface area contributed by atoms with E-state index in [-0.39, 0.29) is 17.2 Å². The Kier molecular flexibility index (Phi) is 5.67. The fourth-order valence-electron chi connectivity index (χ4n) is 4.69. The van der Waals surface area contributed by atoms with Gasteiger partial charge in [0.25, 0.3) is 5.91 Å². The van der Waals surface area contributed by atoms with Gasteiger partial charge in [-0.3, -0.25) is 4.79 Å². The normalized spacial score (nSPS) is 27.5. The second-order valence-electron chi connectivity index (χ2n) is 8.96. The van der Waals surface area contributed by atoms with Crippen LogP contribution >= 0.6 is 0 Å². The molecule has 0 radical (unpaired) electrons. The summed E-state index contributed by atoms with van der Waals surface area (Å²) in [5.74, 6) is 0.897. The molecule has 156 valence electrons. The molecule has 7 heteroatoms. The summed E-state index contributed by atoms with van der Waals surface area (Å²) < 4.78 is 44.1. The van der Waals surface area contributed by atoms with Gasteiger partial charge in [-0.15, -0.1) is 0 Å². The highest BCUT2D eigenvalue weighted by Gasteiger charge is 2.42. The summed E-state index contributed by atoms with van der Waals surface area (Å²) in [5, 5.41) is 2.87. The number of fused-ring (bicyclic) bond motifs is 2. The Labute approximate surface area is 164 Å². The molecule has 0 heterocycles. The molecule has 28 heavy (non-hydrogen) atoms. The first-order valence-corrected chi connectivity index (χ1v) is 9.90. The van der Waals surface area contributed by atoms with E-state index in [4.69, 9.17) is 10.5 Å². The Hall–Kier alpha value is -1.76. The van der Waals surface area contributed by atoms with Crippen molar-refractivity contribution in [1.82, 2.24) is 5.32 Å². The van der Waals surface area contributed by atoms with E-state index in [0.29, 0.717) is 18.4 Å². The smallest absolute Gasteiger partial charge is 0.416 e. The molecule has 1 unspecified atom stereocenters. The maximum Gasteiger partial charge on any atom is 0.416 e. The number of carbonyl (C=O) groups excluding carboxylic acids is 1. The zero-order valence-corrected chi connectivity index (χ0v) is 16.4. The summed E-state index contributed by atoms with van der Waals surface area (Å²) in [6.07, 6.45) is 2.00. The Morgan fingerprint density at radius 3 is 2.75 bits per heavy atom. The van der Waals surface area contributed by atoms with Crippen LogP contribution in [0.4, 0.5) is 13.2 Å². The molecular formula is C21H29F3N2O2. The summed E-state index contributed by atoms with van der Waals surface area (Å²) in [5.41, 5.74) is 4.33. The fraction of sp³-hybridized carbons (Fsp3) is 0.667. The van der Waals surface area contributed by atoms with Crippen molar-refractivity contribution < 1.29 is 22.7 Å². The summed E-state index contributed by atoms with van der Waals surface area (Å²) in [4.78, 5) is 12.5. The first kappa shape index (κ1) is 21.0. The Bertz CT molecular complexity index is 720. The molecule has 3 N–H and O–H groups in total. The largest absolute Gasteiger partial charge is 0.478 e. The molecule has 0 aliphatic heterocycles. The molecule has 0 saturated heterocycles. The SMILES string of the molecule is CC(C)(Oc1cccc(C(F)(F)F)c1)C(=O)NCCC1C[C@@H]2CC[C@@](N)(C1)C2. The molecule has 2 saturated carbocycles. The highest BCUT2D eigenvalue weighted by molar-refractivity contribution is 5.84. The predicted molar refractivity (Wildman–Crippen MR) is 101 cm³/mol. The van der Waals surface area contributed by atoms with Crippen molar-refractivity contribution in [3.8, 4) is 5.75 Å². The van der Waals surface area contributed by atoms with Gasteiger partial charge in [0, 0.05) is 12.1 Å². The van der Waals surface area contributed by atoms with E-state index in [9.17, 15) is 18.0 Å². The summed E-state index contributed by atoms with van der Waals surface area (Å²) >= 11 is 0. The number of hydrogen-bond acceptors (Lipinski definition) is 3. The van der Waals surface area contributed by atoms with E-state index in [2.05, 4.69) is 5.32 Å². The van der Waals surface area contributed by atoms with Gasteiger partial charge in [0.05, 0.1) is 5.56 Å². The first-order valence-electron chi connectivity index (χ1n) is 9.90. The van der Waals surface area contributed by atoms with Crippen molar-refractivity contribution in [3.63, 3.8) is 0 Å². The van der Waals surface area contributed by atoms with E-state index in [1.807, 2.05) is 0 Å². The zero-order chi connectivity index (χ0) is 20.6. The third-order valence-corrected chi connectivity index (χ3v) is 6.03.